The van der Waals surface area contributed by atoms with Gasteiger partial charge in [0.25, 0.3) is 0 Å². The molecule has 1 aromatic carbocycles. The van der Waals surface area contributed by atoms with Gasteiger partial charge in [-0.05, 0) is 65.0 Å². The molecule has 0 spiro atoms. The first-order chi connectivity index (χ1) is 24.5. The maximum atomic E-state index is 12.0. The van der Waals surface area contributed by atoms with Crippen LogP contribution in [-0.2, 0) is 52.5 Å². The molecule has 1 aromatic rings. The average Bonchev–Trinajstić information content (AvgIpc) is 3.10. The molecule has 0 aliphatic rings. The molecule has 0 aliphatic heterocycles. The minimum absolute atomic E-state index is 0. The van der Waals surface area contributed by atoms with Crippen LogP contribution in [0.1, 0.15) is 66.9 Å². The standard InChI is InChI=1S/C24H37N3O10.C8H7NO.C2H3NO.2CH4/c1-18(2)22(30)36-19(3)14-33-11-7-12-34-15-20(4)37-24(32)26-10-13-35-23(31)21(27-17-29)8-5-6-9-25-16-28;1-7-4-2-3-5-8(7)9-6-10;1-3-2-4;;/h19-21H,1,5-15H2,2-4H3,(H,26,32);2-5H,1H3;1H3;2*1H4. The molecule has 0 aromatic heterocycles. The number of rotatable bonds is 22. The molecule has 3 atom stereocenters. The van der Waals surface area contributed by atoms with E-state index in [4.69, 9.17) is 28.5 Å². The monoisotopic (exact) mass is 749 g/mol. The fourth-order valence-corrected chi connectivity index (χ4v) is 3.35. The number of esters is 2. The van der Waals surface area contributed by atoms with Gasteiger partial charge in [0.2, 0.25) is 24.3 Å². The van der Waals surface area contributed by atoms with E-state index in [0.29, 0.717) is 43.7 Å². The first kappa shape index (κ1) is 54.4. The van der Waals surface area contributed by atoms with Crippen molar-refractivity contribution < 1.29 is 57.2 Å². The van der Waals surface area contributed by atoms with E-state index in [9.17, 15) is 28.8 Å². The van der Waals surface area contributed by atoms with Gasteiger partial charge in [0.1, 0.15) is 18.8 Å². The molecule has 0 bridgehead atoms. The molecule has 17 heteroatoms. The fourth-order valence-electron chi connectivity index (χ4n) is 3.35. The first-order valence-corrected chi connectivity index (χ1v) is 15.8. The summed E-state index contributed by atoms with van der Waals surface area (Å²) in [5.74, 6) is -1.17. The summed E-state index contributed by atoms with van der Waals surface area (Å²) in [4.78, 5) is 87.7. The molecule has 0 radical (unpaired) electrons. The highest BCUT2D eigenvalue weighted by molar-refractivity contribution is 5.87. The lowest BCUT2D eigenvalue weighted by Crippen LogP contribution is -2.33. The van der Waals surface area contributed by atoms with Gasteiger partial charge in [0.05, 0.1) is 32.0 Å². The Morgan fingerprint density at radius 3 is 1.98 bits per heavy atom. The zero-order valence-corrected chi connectivity index (χ0v) is 29.7. The normalized spacial score (nSPS) is 10.7. The molecule has 1 N–H and O–H groups in total. The SMILES string of the molecule is C.C.C=C(C)C(=O)OC(C)COCCCOCC(C)OC(=O)NCCOC(=O)C(CCCCN=C=O)N=C=O.CN=C=O.Cc1ccccc1N=C=O. The van der Waals surface area contributed by atoms with Crippen molar-refractivity contribution in [2.24, 2.45) is 20.0 Å². The summed E-state index contributed by atoms with van der Waals surface area (Å²) in [6, 6.07) is 6.41. The number of carbonyl (C=O) groups excluding carboxylic acids is 7. The van der Waals surface area contributed by atoms with Crippen molar-refractivity contribution in [2.75, 3.05) is 53.2 Å². The number of ether oxygens (including phenoxy) is 5. The van der Waals surface area contributed by atoms with Crippen LogP contribution in [0.15, 0.2) is 56.4 Å². The van der Waals surface area contributed by atoms with E-state index in [0.717, 1.165) is 5.56 Å². The largest absolute Gasteiger partial charge is 0.462 e. The Morgan fingerprint density at radius 2 is 1.45 bits per heavy atom. The van der Waals surface area contributed by atoms with Gasteiger partial charge in [-0.1, -0.05) is 39.6 Å². The summed E-state index contributed by atoms with van der Waals surface area (Å²) in [6.45, 7) is 11.8. The number of hydrogen-bond donors (Lipinski definition) is 1. The Kier molecular flexibility index (Phi) is 38.8. The van der Waals surface area contributed by atoms with Crippen LogP contribution in [0, 0.1) is 6.92 Å². The van der Waals surface area contributed by atoms with E-state index in [2.05, 4.69) is 31.9 Å². The van der Waals surface area contributed by atoms with Gasteiger partial charge < -0.3 is 29.0 Å². The number of alkyl carbamates (subject to hydrolysis) is 1. The van der Waals surface area contributed by atoms with Crippen LogP contribution in [-0.4, -0.2) is 114 Å². The summed E-state index contributed by atoms with van der Waals surface area (Å²) in [5, 5.41) is 2.44. The van der Waals surface area contributed by atoms with Crippen LogP contribution < -0.4 is 5.32 Å². The molecular formula is C36H55N5O12. The Labute approximate surface area is 312 Å². The second-order valence-corrected chi connectivity index (χ2v) is 10.3. The van der Waals surface area contributed by atoms with E-state index in [1.54, 1.807) is 26.8 Å². The zero-order chi connectivity index (χ0) is 38.7. The number of isocyanates is 4. The van der Waals surface area contributed by atoms with E-state index in [1.165, 1.54) is 31.4 Å². The minimum Gasteiger partial charge on any atom is -0.462 e. The van der Waals surface area contributed by atoms with Crippen molar-refractivity contribution >= 4 is 48.0 Å². The van der Waals surface area contributed by atoms with Crippen LogP contribution >= 0.6 is 0 Å². The number of aliphatic imine (C=N–C) groups is 4. The quantitative estimate of drug-likeness (QED) is 0.0414. The van der Waals surface area contributed by atoms with Crippen LogP contribution in [0.5, 0.6) is 0 Å². The second-order valence-electron chi connectivity index (χ2n) is 10.3. The van der Waals surface area contributed by atoms with Gasteiger partial charge in [-0.3, -0.25) is 0 Å². The number of amides is 1. The Morgan fingerprint density at radius 1 is 0.849 bits per heavy atom. The van der Waals surface area contributed by atoms with Crippen LogP contribution in [0.2, 0.25) is 0 Å². The van der Waals surface area contributed by atoms with Crippen molar-refractivity contribution in [3.05, 3.63) is 42.0 Å². The number of nitrogens with one attached hydrogen (secondary N) is 1. The number of para-hydroxylation sites is 1. The van der Waals surface area contributed by atoms with Gasteiger partial charge in [0.15, 0.2) is 6.04 Å². The summed E-state index contributed by atoms with van der Waals surface area (Å²) in [5.41, 5.74) is 2.01. The molecule has 17 nitrogen and oxygen atoms in total. The highest BCUT2D eigenvalue weighted by Crippen LogP contribution is 2.15. The molecule has 0 saturated carbocycles. The number of benzene rings is 1. The molecule has 0 aliphatic carbocycles. The lowest BCUT2D eigenvalue weighted by molar-refractivity contribution is -0.146. The number of carbonyl (C=O) groups is 3. The molecule has 0 heterocycles. The molecule has 0 fully saturated rings. The van der Waals surface area contributed by atoms with E-state index < -0.39 is 30.2 Å². The Hall–Kier alpha value is -5.39. The van der Waals surface area contributed by atoms with Gasteiger partial charge in [-0.25, -0.2) is 43.5 Å². The average molecular weight is 750 g/mol. The predicted octanol–water partition coefficient (Wildman–Crippen LogP) is 4.97. The van der Waals surface area contributed by atoms with Crippen molar-refractivity contribution in [3.63, 3.8) is 0 Å². The first-order valence-electron chi connectivity index (χ1n) is 15.8. The summed E-state index contributed by atoms with van der Waals surface area (Å²) in [7, 11) is 1.38. The van der Waals surface area contributed by atoms with Gasteiger partial charge in [-0.2, -0.15) is 9.98 Å². The second kappa shape index (κ2) is 37.9. The summed E-state index contributed by atoms with van der Waals surface area (Å²) < 4.78 is 26.1. The van der Waals surface area contributed by atoms with Crippen molar-refractivity contribution in [1.29, 1.82) is 0 Å². The molecule has 3 unspecified atom stereocenters. The van der Waals surface area contributed by atoms with Gasteiger partial charge in [0, 0.05) is 25.8 Å². The molecular weight excluding hydrogens is 694 g/mol. The third-order valence-electron chi connectivity index (χ3n) is 5.78. The van der Waals surface area contributed by atoms with Crippen LogP contribution in [0.25, 0.3) is 0 Å². The maximum Gasteiger partial charge on any atom is 0.407 e. The number of hydrogen-bond acceptors (Lipinski definition) is 16. The zero-order valence-electron chi connectivity index (χ0n) is 29.7. The van der Waals surface area contributed by atoms with E-state index in [1.807, 2.05) is 25.1 Å². The molecule has 53 heavy (non-hydrogen) atoms. The van der Waals surface area contributed by atoms with Gasteiger partial charge >= 0.3 is 18.0 Å². The predicted molar refractivity (Wildman–Crippen MR) is 197 cm³/mol. The molecule has 1 rings (SSSR count). The lowest BCUT2D eigenvalue weighted by atomic mass is 10.1. The summed E-state index contributed by atoms with van der Waals surface area (Å²) >= 11 is 0. The fraction of sp³-hybridized carbons (Fsp3) is 0.583. The Balaban J connectivity index is -0.000000623. The van der Waals surface area contributed by atoms with Crippen molar-refractivity contribution in [2.45, 2.75) is 86.5 Å². The van der Waals surface area contributed by atoms with Crippen molar-refractivity contribution in [1.82, 2.24) is 5.32 Å². The highest BCUT2D eigenvalue weighted by atomic mass is 16.6. The number of nitrogens with zero attached hydrogens (tertiary/aromatic N) is 4. The maximum absolute atomic E-state index is 12.0. The lowest BCUT2D eigenvalue weighted by Gasteiger charge is -2.15. The topological polar surface area (TPSA) is 227 Å². The van der Waals surface area contributed by atoms with E-state index >= 15 is 0 Å². The minimum atomic E-state index is -1.00. The third kappa shape index (κ3) is 33.5. The highest BCUT2D eigenvalue weighted by Gasteiger charge is 2.19. The third-order valence-corrected chi connectivity index (χ3v) is 5.78. The van der Waals surface area contributed by atoms with Crippen LogP contribution in [0.4, 0.5) is 10.5 Å². The molecule has 0 saturated heterocycles. The molecule has 1 amide bonds. The van der Waals surface area contributed by atoms with Crippen LogP contribution in [0.3, 0.4) is 0 Å². The number of aryl methyl sites for hydroxylation is 1. The smallest absolute Gasteiger partial charge is 0.407 e. The molecule has 296 valence electrons. The van der Waals surface area contributed by atoms with Gasteiger partial charge in [-0.15, -0.1) is 0 Å². The summed E-state index contributed by atoms with van der Waals surface area (Å²) in [6.07, 6.45) is 5.84. The van der Waals surface area contributed by atoms with Crippen molar-refractivity contribution in [3.8, 4) is 0 Å². The number of unbranched alkanes of at least 4 members (excludes halogenated alkanes) is 1. The Bertz CT molecular complexity index is 1380. The van der Waals surface area contributed by atoms with E-state index in [-0.39, 0.29) is 60.3 Å².